The Bertz CT molecular complexity index is 746. The summed E-state index contributed by atoms with van der Waals surface area (Å²) in [6, 6.07) is 7.11. The SMILES string of the molecule is COc1ccc(-c2nnc(S(=O)(=O)Cl)n2C(C)(C)C)cc1. The van der Waals surface area contributed by atoms with Crippen LogP contribution in [0.4, 0.5) is 0 Å². The van der Waals surface area contributed by atoms with Crippen LogP contribution in [-0.4, -0.2) is 30.3 Å². The molecule has 21 heavy (non-hydrogen) atoms. The topological polar surface area (TPSA) is 74.1 Å². The molecule has 0 atom stereocenters. The first-order valence-electron chi connectivity index (χ1n) is 6.19. The number of rotatable bonds is 3. The van der Waals surface area contributed by atoms with Crippen molar-refractivity contribution in [3.8, 4) is 17.1 Å². The van der Waals surface area contributed by atoms with E-state index in [1.807, 2.05) is 20.8 Å². The zero-order chi connectivity index (χ0) is 15.8. The number of hydrogen-bond acceptors (Lipinski definition) is 5. The van der Waals surface area contributed by atoms with E-state index in [1.54, 1.807) is 31.4 Å². The van der Waals surface area contributed by atoms with E-state index in [0.29, 0.717) is 11.6 Å². The molecule has 1 aromatic carbocycles. The van der Waals surface area contributed by atoms with Crippen molar-refractivity contribution in [2.24, 2.45) is 0 Å². The van der Waals surface area contributed by atoms with Crippen LogP contribution in [0.3, 0.4) is 0 Å². The van der Waals surface area contributed by atoms with Crippen molar-refractivity contribution in [3.63, 3.8) is 0 Å². The molecule has 0 amide bonds. The number of methoxy groups -OCH3 is 1. The molecule has 0 aliphatic heterocycles. The summed E-state index contributed by atoms with van der Waals surface area (Å²) in [6.07, 6.45) is 0. The summed E-state index contributed by atoms with van der Waals surface area (Å²) < 4.78 is 29.9. The molecule has 2 rings (SSSR count). The van der Waals surface area contributed by atoms with Gasteiger partial charge in [0.25, 0.3) is 14.2 Å². The van der Waals surface area contributed by atoms with Crippen molar-refractivity contribution in [2.75, 3.05) is 7.11 Å². The van der Waals surface area contributed by atoms with Gasteiger partial charge in [0.1, 0.15) is 5.75 Å². The first-order valence-corrected chi connectivity index (χ1v) is 8.50. The van der Waals surface area contributed by atoms with Gasteiger partial charge in [-0.2, -0.15) is 0 Å². The average Bonchev–Trinajstić information content (AvgIpc) is 2.83. The van der Waals surface area contributed by atoms with Gasteiger partial charge in [0.2, 0.25) is 0 Å². The van der Waals surface area contributed by atoms with Gasteiger partial charge in [0.15, 0.2) is 5.82 Å². The lowest BCUT2D eigenvalue weighted by Gasteiger charge is -2.24. The van der Waals surface area contributed by atoms with E-state index in [-0.39, 0.29) is 5.16 Å². The van der Waals surface area contributed by atoms with Gasteiger partial charge in [-0.05, 0) is 45.0 Å². The van der Waals surface area contributed by atoms with Crippen LogP contribution >= 0.6 is 10.7 Å². The molecule has 0 spiro atoms. The van der Waals surface area contributed by atoms with Crippen LogP contribution in [0.15, 0.2) is 29.4 Å². The number of ether oxygens (including phenoxy) is 1. The molecule has 0 saturated carbocycles. The second-order valence-corrected chi connectivity index (χ2v) is 7.94. The minimum absolute atomic E-state index is 0.262. The molecule has 2 aromatic rings. The molecule has 0 N–H and O–H groups in total. The van der Waals surface area contributed by atoms with Gasteiger partial charge in [-0.15, -0.1) is 10.2 Å². The lowest BCUT2D eigenvalue weighted by Crippen LogP contribution is -2.25. The Balaban J connectivity index is 2.67. The van der Waals surface area contributed by atoms with Gasteiger partial charge in [-0.1, -0.05) is 0 Å². The monoisotopic (exact) mass is 329 g/mol. The van der Waals surface area contributed by atoms with Gasteiger partial charge in [-0.25, -0.2) is 8.42 Å². The summed E-state index contributed by atoms with van der Waals surface area (Å²) in [5.74, 6) is 1.13. The van der Waals surface area contributed by atoms with Crippen LogP contribution < -0.4 is 4.74 Å². The van der Waals surface area contributed by atoms with Crippen LogP contribution in [0.1, 0.15) is 20.8 Å². The Morgan fingerprint density at radius 1 is 1.14 bits per heavy atom. The van der Waals surface area contributed by atoms with E-state index >= 15 is 0 Å². The van der Waals surface area contributed by atoms with E-state index in [0.717, 1.165) is 5.56 Å². The maximum absolute atomic E-state index is 11.7. The third kappa shape index (κ3) is 3.19. The predicted molar refractivity (Wildman–Crippen MR) is 80.0 cm³/mol. The highest BCUT2D eigenvalue weighted by Gasteiger charge is 2.30. The molecule has 1 heterocycles. The largest absolute Gasteiger partial charge is 0.497 e. The van der Waals surface area contributed by atoms with E-state index in [1.165, 1.54) is 4.57 Å². The normalized spacial score (nSPS) is 12.4. The van der Waals surface area contributed by atoms with Crippen molar-refractivity contribution >= 4 is 19.7 Å². The van der Waals surface area contributed by atoms with E-state index in [9.17, 15) is 8.42 Å². The van der Waals surface area contributed by atoms with Crippen LogP contribution in [0.2, 0.25) is 0 Å². The maximum atomic E-state index is 11.7. The van der Waals surface area contributed by atoms with Crippen LogP contribution in [0.5, 0.6) is 5.75 Å². The lowest BCUT2D eigenvalue weighted by molar-refractivity contribution is 0.367. The van der Waals surface area contributed by atoms with Crippen molar-refractivity contribution in [1.82, 2.24) is 14.8 Å². The van der Waals surface area contributed by atoms with Crippen molar-refractivity contribution in [2.45, 2.75) is 31.5 Å². The molecular formula is C13H16ClN3O3S. The zero-order valence-corrected chi connectivity index (χ0v) is 13.7. The Morgan fingerprint density at radius 3 is 2.14 bits per heavy atom. The summed E-state index contributed by atoms with van der Waals surface area (Å²) >= 11 is 0. The van der Waals surface area contributed by atoms with Crippen molar-refractivity contribution < 1.29 is 13.2 Å². The molecule has 0 radical (unpaired) electrons. The van der Waals surface area contributed by atoms with E-state index < -0.39 is 14.6 Å². The quantitative estimate of drug-likeness (QED) is 0.809. The second-order valence-electron chi connectivity index (χ2n) is 5.48. The van der Waals surface area contributed by atoms with Gasteiger partial charge in [-0.3, -0.25) is 4.57 Å². The maximum Gasteiger partial charge on any atom is 0.296 e. The molecule has 0 aliphatic rings. The zero-order valence-electron chi connectivity index (χ0n) is 12.2. The number of benzene rings is 1. The van der Waals surface area contributed by atoms with Gasteiger partial charge in [0, 0.05) is 21.8 Å². The molecule has 1 aromatic heterocycles. The minimum Gasteiger partial charge on any atom is -0.497 e. The minimum atomic E-state index is -3.98. The van der Waals surface area contributed by atoms with Crippen molar-refractivity contribution in [1.29, 1.82) is 0 Å². The van der Waals surface area contributed by atoms with Crippen LogP contribution in [0, 0.1) is 0 Å². The summed E-state index contributed by atoms with van der Waals surface area (Å²) in [5.41, 5.74) is 0.181. The Labute approximate surface area is 128 Å². The van der Waals surface area contributed by atoms with Crippen molar-refractivity contribution in [3.05, 3.63) is 24.3 Å². The molecule has 6 nitrogen and oxygen atoms in total. The molecule has 0 fully saturated rings. The fourth-order valence-corrected chi connectivity index (χ4v) is 2.98. The number of nitrogens with zero attached hydrogens (tertiary/aromatic N) is 3. The molecule has 0 saturated heterocycles. The molecule has 0 unspecified atom stereocenters. The smallest absolute Gasteiger partial charge is 0.296 e. The Kier molecular flexibility index (Phi) is 3.99. The molecule has 114 valence electrons. The van der Waals surface area contributed by atoms with Crippen LogP contribution in [0.25, 0.3) is 11.4 Å². The van der Waals surface area contributed by atoms with Gasteiger partial charge in [0.05, 0.1) is 7.11 Å². The first kappa shape index (κ1) is 15.8. The highest BCUT2D eigenvalue weighted by molar-refractivity contribution is 8.13. The van der Waals surface area contributed by atoms with Gasteiger partial charge >= 0.3 is 0 Å². The van der Waals surface area contributed by atoms with Crippen LogP contribution in [-0.2, 0) is 14.6 Å². The fourth-order valence-electron chi connectivity index (χ4n) is 1.96. The highest BCUT2D eigenvalue weighted by Crippen LogP contribution is 2.30. The molecule has 0 aliphatic carbocycles. The number of halogens is 1. The van der Waals surface area contributed by atoms with Gasteiger partial charge < -0.3 is 4.74 Å². The first-order chi connectivity index (χ1) is 9.64. The average molecular weight is 330 g/mol. The summed E-state index contributed by atoms with van der Waals surface area (Å²) in [7, 11) is 3.04. The fraction of sp³-hybridized carbons (Fsp3) is 0.385. The number of aromatic nitrogens is 3. The Hall–Kier alpha value is -1.60. The summed E-state index contributed by atoms with van der Waals surface area (Å²) in [4.78, 5) is 0. The lowest BCUT2D eigenvalue weighted by atomic mass is 10.1. The number of hydrogen-bond donors (Lipinski definition) is 0. The predicted octanol–water partition coefficient (Wildman–Crippen LogP) is 2.64. The molecule has 8 heteroatoms. The third-order valence-corrected chi connectivity index (χ3v) is 3.98. The Morgan fingerprint density at radius 2 is 1.71 bits per heavy atom. The molecular weight excluding hydrogens is 314 g/mol. The summed E-state index contributed by atoms with van der Waals surface area (Å²) in [6.45, 7) is 5.57. The molecule has 0 bridgehead atoms. The summed E-state index contributed by atoms with van der Waals surface area (Å²) in [5, 5.41) is 7.46. The van der Waals surface area contributed by atoms with E-state index in [2.05, 4.69) is 10.2 Å². The van der Waals surface area contributed by atoms with E-state index in [4.69, 9.17) is 15.4 Å². The third-order valence-electron chi connectivity index (χ3n) is 2.87. The standard InChI is InChI=1S/C13H16ClN3O3S/c1-13(2,3)17-11(15-16-12(17)21(14,18)19)9-5-7-10(20-4)8-6-9/h5-8H,1-4H3. The second kappa shape index (κ2) is 5.31. The highest BCUT2D eigenvalue weighted by atomic mass is 35.7.